The predicted molar refractivity (Wildman–Crippen MR) is 59.7 cm³/mol. The molecule has 2 nitrogen and oxygen atoms in total. The zero-order valence-electron chi connectivity index (χ0n) is 8.64. The van der Waals surface area contributed by atoms with Crippen molar-refractivity contribution >= 4 is 21.9 Å². The van der Waals surface area contributed by atoms with Crippen molar-refractivity contribution in [2.24, 2.45) is 0 Å². The molecule has 0 fully saturated rings. The third-order valence-corrected chi connectivity index (χ3v) is 2.63. The number of hydrogen-bond donors (Lipinski definition) is 0. The Bertz CT molecular complexity index is 377. The number of esters is 1. The Morgan fingerprint density at radius 3 is 2.73 bits per heavy atom. The molecule has 1 aromatic carbocycles. The third-order valence-electron chi connectivity index (χ3n) is 2.02. The maximum Gasteiger partial charge on any atom is 0.338 e. The van der Waals surface area contributed by atoms with Gasteiger partial charge in [0.2, 0.25) is 0 Å². The van der Waals surface area contributed by atoms with Crippen molar-refractivity contribution in [2.75, 3.05) is 6.61 Å². The van der Waals surface area contributed by atoms with Gasteiger partial charge in [-0.05, 0) is 31.0 Å². The summed E-state index contributed by atoms with van der Waals surface area (Å²) in [4.78, 5) is 11.5. The molecule has 0 aliphatic rings. The summed E-state index contributed by atoms with van der Waals surface area (Å²) in [5.41, 5.74) is 1.56. The molecule has 0 unspecified atom stereocenters. The van der Waals surface area contributed by atoms with E-state index >= 15 is 0 Å². The molecular weight excluding hydrogens is 263 g/mol. The smallest absolute Gasteiger partial charge is 0.338 e. The van der Waals surface area contributed by atoms with Gasteiger partial charge < -0.3 is 4.74 Å². The lowest BCUT2D eigenvalue weighted by atomic mass is 10.1. The molecule has 1 rings (SSSR count). The first-order valence-electron chi connectivity index (χ1n) is 4.62. The van der Waals surface area contributed by atoms with Crippen molar-refractivity contribution in [1.29, 1.82) is 0 Å². The van der Waals surface area contributed by atoms with Gasteiger partial charge in [-0.3, -0.25) is 0 Å². The van der Waals surface area contributed by atoms with E-state index in [1.165, 1.54) is 6.07 Å². The van der Waals surface area contributed by atoms with Crippen molar-refractivity contribution in [2.45, 2.75) is 19.2 Å². The summed E-state index contributed by atoms with van der Waals surface area (Å²) in [6.45, 7) is 3.67. The van der Waals surface area contributed by atoms with Crippen LogP contribution in [-0.4, -0.2) is 12.6 Å². The van der Waals surface area contributed by atoms with Crippen LogP contribution in [0.15, 0.2) is 12.1 Å². The van der Waals surface area contributed by atoms with Gasteiger partial charge in [0.1, 0.15) is 5.82 Å². The van der Waals surface area contributed by atoms with E-state index in [1.807, 2.05) is 0 Å². The van der Waals surface area contributed by atoms with Crippen LogP contribution in [0.3, 0.4) is 0 Å². The van der Waals surface area contributed by atoms with Crippen LogP contribution in [0.4, 0.5) is 4.39 Å². The monoisotopic (exact) mass is 274 g/mol. The number of carbonyl (C=O) groups excluding carboxylic acids is 1. The summed E-state index contributed by atoms with van der Waals surface area (Å²) in [5.74, 6) is -0.867. The van der Waals surface area contributed by atoms with Crippen LogP contribution in [0.25, 0.3) is 0 Å². The van der Waals surface area contributed by atoms with Gasteiger partial charge in [-0.25, -0.2) is 9.18 Å². The van der Waals surface area contributed by atoms with Crippen LogP contribution in [0.2, 0.25) is 0 Å². The van der Waals surface area contributed by atoms with Crippen LogP contribution in [0.5, 0.6) is 0 Å². The summed E-state index contributed by atoms with van der Waals surface area (Å²) in [5, 5.41) is 0.502. The van der Waals surface area contributed by atoms with Gasteiger partial charge >= 0.3 is 5.97 Å². The Morgan fingerprint density at radius 1 is 1.53 bits per heavy atom. The highest BCUT2D eigenvalue weighted by molar-refractivity contribution is 9.08. The molecule has 0 radical (unpaired) electrons. The first-order valence-corrected chi connectivity index (χ1v) is 5.74. The highest BCUT2D eigenvalue weighted by Crippen LogP contribution is 2.19. The molecule has 82 valence electrons. The zero-order valence-corrected chi connectivity index (χ0v) is 10.2. The molecule has 0 aliphatic carbocycles. The number of benzene rings is 1. The highest BCUT2D eigenvalue weighted by atomic mass is 79.9. The summed E-state index contributed by atoms with van der Waals surface area (Å²) >= 11 is 3.26. The summed E-state index contributed by atoms with van der Waals surface area (Å²) in [6.07, 6.45) is 0. The van der Waals surface area contributed by atoms with Crippen LogP contribution < -0.4 is 0 Å². The van der Waals surface area contributed by atoms with Crippen molar-refractivity contribution in [3.63, 3.8) is 0 Å². The molecule has 15 heavy (non-hydrogen) atoms. The quantitative estimate of drug-likeness (QED) is 0.625. The normalized spacial score (nSPS) is 10.1. The molecule has 0 N–H and O–H groups in total. The third kappa shape index (κ3) is 2.78. The average molecular weight is 275 g/mol. The number of halogens is 2. The molecule has 0 saturated carbocycles. The Morgan fingerprint density at radius 2 is 2.20 bits per heavy atom. The largest absolute Gasteiger partial charge is 0.462 e. The highest BCUT2D eigenvalue weighted by Gasteiger charge is 2.14. The average Bonchev–Trinajstić information content (AvgIpc) is 2.21. The predicted octanol–water partition coefficient (Wildman–Crippen LogP) is 3.21. The van der Waals surface area contributed by atoms with E-state index in [0.717, 1.165) is 5.56 Å². The number of carbonyl (C=O) groups is 1. The van der Waals surface area contributed by atoms with E-state index < -0.39 is 5.97 Å². The van der Waals surface area contributed by atoms with Crippen LogP contribution >= 0.6 is 15.9 Å². The summed E-state index contributed by atoms with van der Waals surface area (Å²) in [7, 11) is 0. The van der Waals surface area contributed by atoms with Crippen LogP contribution in [0.1, 0.15) is 28.4 Å². The van der Waals surface area contributed by atoms with Gasteiger partial charge in [0.15, 0.2) is 0 Å². The molecule has 0 aliphatic heterocycles. The molecule has 1 aromatic rings. The van der Waals surface area contributed by atoms with Crippen molar-refractivity contribution in [1.82, 2.24) is 0 Å². The second-order valence-corrected chi connectivity index (χ2v) is 3.67. The minimum absolute atomic E-state index is 0.288. The molecule has 0 atom stereocenters. The summed E-state index contributed by atoms with van der Waals surface area (Å²) < 4.78 is 18.1. The molecule has 0 spiro atoms. The standard InChI is InChI=1S/C11H12BrFO2/c1-3-15-11(14)9-5-10(13)7(2)4-8(9)6-12/h4-5H,3,6H2,1-2H3. The lowest BCUT2D eigenvalue weighted by Crippen LogP contribution is -2.08. The van der Waals surface area contributed by atoms with Gasteiger partial charge in [-0.15, -0.1) is 0 Å². The van der Waals surface area contributed by atoms with Gasteiger partial charge in [-0.1, -0.05) is 22.0 Å². The van der Waals surface area contributed by atoms with E-state index in [4.69, 9.17) is 4.74 Å². The van der Waals surface area contributed by atoms with Gasteiger partial charge in [-0.2, -0.15) is 0 Å². The van der Waals surface area contributed by atoms with E-state index in [9.17, 15) is 9.18 Å². The molecule has 4 heteroatoms. The van der Waals surface area contributed by atoms with Crippen molar-refractivity contribution in [3.8, 4) is 0 Å². The van der Waals surface area contributed by atoms with Crippen LogP contribution in [0, 0.1) is 12.7 Å². The van der Waals surface area contributed by atoms with E-state index in [2.05, 4.69) is 15.9 Å². The molecule has 0 aromatic heterocycles. The fourth-order valence-electron chi connectivity index (χ4n) is 1.25. The second-order valence-electron chi connectivity index (χ2n) is 3.11. The van der Waals surface area contributed by atoms with Gasteiger partial charge in [0.25, 0.3) is 0 Å². The van der Waals surface area contributed by atoms with Crippen LogP contribution in [-0.2, 0) is 10.1 Å². The Labute approximate surface area is 96.6 Å². The lowest BCUT2D eigenvalue weighted by Gasteiger charge is -2.08. The zero-order chi connectivity index (χ0) is 11.4. The number of aryl methyl sites for hydroxylation is 1. The van der Waals surface area contributed by atoms with Gasteiger partial charge in [0, 0.05) is 5.33 Å². The fourth-order valence-corrected chi connectivity index (χ4v) is 1.71. The van der Waals surface area contributed by atoms with Gasteiger partial charge in [0.05, 0.1) is 12.2 Å². The molecule has 0 saturated heterocycles. The minimum atomic E-state index is -0.481. The number of alkyl halides is 1. The maximum atomic E-state index is 13.3. The fraction of sp³-hybridized carbons (Fsp3) is 0.364. The number of ether oxygens (including phenoxy) is 1. The number of hydrogen-bond acceptors (Lipinski definition) is 2. The Hall–Kier alpha value is -0.900. The number of rotatable bonds is 3. The summed E-state index contributed by atoms with van der Waals surface area (Å²) in [6, 6.07) is 2.88. The molecule has 0 amide bonds. The first-order chi connectivity index (χ1) is 7.10. The Balaban J connectivity index is 3.15. The second kappa shape index (κ2) is 5.26. The molecule has 0 heterocycles. The molecule has 0 bridgehead atoms. The first kappa shape index (κ1) is 12.2. The molecular formula is C11H12BrFO2. The maximum absolute atomic E-state index is 13.3. The Kier molecular flexibility index (Phi) is 4.27. The topological polar surface area (TPSA) is 26.3 Å². The van der Waals surface area contributed by atoms with E-state index in [1.54, 1.807) is 19.9 Å². The van der Waals surface area contributed by atoms with E-state index in [-0.39, 0.29) is 18.0 Å². The van der Waals surface area contributed by atoms with Crippen molar-refractivity contribution in [3.05, 3.63) is 34.6 Å². The SMILES string of the molecule is CCOC(=O)c1cc(F)c(C)cc1CBr. The lowest BCUT2D eigenvalue weighted by molar-refractivity contribution is 0.0525. The minimum Gasteiger partial charge on any atom is -0.462 e. The van der Waals surface area contributed by atoms with Crippen molar-refractivity contribution < 1.29 is 13.9 Å². The van der Waals surface area contributed by atoms with E-state index in [0.29, 0.717) is 10.9 Å².